The third-order valence-electron chi connectivity index (χ3n) is 8.75. The summed E-state index contributed by atoms with van der Waals surface area (Å²) in [5, 5.41) is 12.4. The lowest BCUT2D eigenvalue weighted by Gasteiger charge is -2.44. The van der Waals surface area contributed by atoms with Gasteiger partial charge in [0.1, 0.15) is 5.82 Å². The number of piperazine rings is 1. The second kappa shape index (κ2) is 12.4. The van der Waals surface area contributed by atoms with E-state index in [1.165, 1.54) is 17.0 Å². The van der Waals surface area contributed by atoms with Gasteiger partial charge in [-0.1, -0.05) is 26.3 Å². The van der Waals surface area contributed by atoms with E-state index < -0.39 is 40.7 Å². The lowest BCUT2D eigenvalue weighted by molar-refractivity contribution is -0.138. The smallest absolute Gasteiger partial charge is 0.417 e. The fourth-order valence-electron chi connectivity index (χ4n) is 5.83. The van der Waals surface area contributed by atoms with E-state index in [-0.39, 0.29) is 47.5 Å². The molecule has 0 aliphatic carbocycles. The van der Waals surface area contributed by atoms with Crippen molar-refractivity contribution in [1.29, 1.82) is 0 Å². The summed E-state index contributed by atoms with van der Waals surface area (Å²) in [6.07, 6.45) is -2.51. The van der Waals surface area contributed by atoms with Gasteiger partial charge in [-0.2, -0.15) is 13.2 Å². The number of carbonyl (C=O) groups is 2. The first-order valence-electron chi connectivity index (χ1n) is 14.2. The lowest BCUT2D eigenvalue weighted by Crippen LogP contribution is -2.55. The summed E-state index contributed by atoms with van der Waals surface area (Å²) in [6, 6.07) is 2.71. The molecule has 0 spiro atoms. The minimum atomic E-state index is -4.97. The number of hydrogen-bond donors (Lipinski definition) is 3. The van der Waals surface area contributed by atoms with E-state index in [1.807, 2.05) is 39.6 Å². The molecule has 1 fully saturated rings. The van der Waals surface area contributed by atoms with Crippen molar-refractivity contribution in [3.05, 3.63) is 63.3 Å². The van der Waals surface area contributed by atoms with Crippen molar-refractivity contribution >= 4 is 28.9 Å². The normalized spacial score (nSPS) is 22.3. The number of H-pyrrole nitrogens is 1. The molecule has 0 saturated carbocycles. The average Bonchev–Trinajstić information content (AvgIpc) is 2.95. The molecule has 2 amide bonds. The quantitative estimate of drug-likeness (QED) is 0.375. The van der Waals surface area contributed by atoms with Crippen LogP contribution in [0.15, 0.2) is 35.3 Å². The highest BCUT2D eigenvalue weighted by molar-refractivity contribution is 6.07. The number of rotatable bonds is 6. The Hall–Kier alpha value is -3.87. The zero-order valence-corrected chi connectivity index (χ0v) is 24.8. The van der Waals surface area contributed by atoms with E-state index in [1.54, 1.807) is 6.08 Å². The number of nitrogens with zero attached hydrogens (tertiary/aromatic N) is 3. The van der Waals surface area contributed by atoms with Gasteiger partial charge in [-0.15, -0.1) is 0 Å². The summed E-state index contributed by atoms with van der Waals surface area (Å²) in [4.78, 5) is 44.5. The molecular weight excluding hydrogens is 570 g/mol. The van der Waals surface area contributed by atoms with E-state index in [9.17, 15) is 32.7 Å². The van der Waals surface area contributed by atoms with Crippen molar-refractivity contribution in [1.82, 2.24) is 14.8 Å². The first-order chi connectivity index (χ1) is 20.1. The molecule has 2 unspecified atom stereocenters. The van der Waals surface area contributed by atoms with Crippen molar-refractivity contribution in [2.24, 2.45) is 5.92 Å². The third kappa shape index (κ3) is 6.71. The van der Waals surface area contributed by atoms with Gasteiger partial charge in [-0.05, 0) is 50.9 Å². The molecule has 0 radical (unpaired) electrons. The second-order valence-electron chi connectivity index (χ2n) is 11.5. The molecule has 9 nitrogen and oxygen atoms in total. The highest BCUT2D eigenvalue weighted by Gasteiger charge is 2.37. The predicted octanol–water partition coefficient (Wildman–Crippen LogP) is 5.50. The Balaban J connectivity index is 1.80. The van der Waals surface area contributed by atoms with Crippen LogP contribution in [0.5, 0.6) is 0 Å². The Morgan fingerprint density at radius 3 is 2.40 bits per heavy atom. The number of hydrogen-bond acceptors (Lipinski definition) is 5. The molecule has 2 aliphatic heterocycles. The zero-order chi connectivity index (χ0) is 31.8. The monoisotopic (exact) mass is 607 g/mol. The molecule has 2 aliphatic rings. The van der Waals surface area contributed by atoms with Crippen LogP contribution in [0.1, 0.15) is 62.0 Å². The molecule has 1 saturated heterocycles. The largest absolute Gasteiger partial charge is 0.465 e. The number of pyridine rings is 1. The fourth-order valence-corrected chi connectivity index (χ4v) is 5.83. The highest BCUT2D eigenvalue weighted by atomic mass is 19.4. The van der Waals surface area contributed by atoms with E-state index in [4.69, 9.17) is 0 Å². The van der Waals surface area contributed by atoms with Gasteiger partial charge in [0.15, 0.2) is 0 Å². The zero-order valence-electron chi connectivity index (χ0n) is 24.8. The number of alkyl halides is 3. The molecule has 0 bridgehead atoms. The van der Waals surface area contributed by atoms with Gasteiger partial charge in [0.25, 0.3) is 5.91 Å². The van der Waals surface area contributed by atoms with Gasteiger partial charge >= 0.3 is 12.3 Å². The standard InChI is InChI=1S/C30H37F4N5O4/c1-6-16(2)25-8-7-19(15-39(25)29(42)43)20-9-24(26(11-23(20)31)38-13-17(3)37(5)18(4)14-38)36-28(41)21-12-35-27(40)10-22(21)30(32,33)34/h7,9-12,16-18,25H,6,8,13-15H2,1-5H3,(H,35,40)(H,36,41)(H,42,43)/t16?,17-,18+,25?. The molecule has 43 heavy (non-hydrogen) atoms. The Morgan fingerprint density at radius 1 is 1.16 bits per heavy atom. The molecule has 2 aromatic rings. The maximum absolute atomic E-state index is 15.9. The molecule has 1 aromatic heterocycles. The Kier molecular flexibility index (Phi) is 9.24. The van der Waals surface area contributed by atoms with E-state index in [0.717, 1.165) is 6.42 Å². The van der Waals surface area contributed by atoms with Gasteiger partial charge in [0.2, 0.25) is 5.56 Å². The van der Waals surface area contributed by atoms with E-state index >= 15 is 4.39 Å². The molecule has 3 heterocycles. The van der Waals surface area contributed by atoms with Crippen LogP contribution >= 0.6 is 0 Å². The number of aromatic amines is 1. The van der Waals surface area contributed by atoms with Crippen LogP contribution in [-0.2, 0) is 6.18 Å². The maximum Gasteiger partial charge on any atom is 0.417 e. The number of carboxylic acid groups (broad SMARTS) is 1. The van der Waals surface area contributed by atoms with Crippen molar-refractivity contribution in [3.63, 3.8) is 0 Å². The number of halogens is 4. The number of nitrogens with one attached hydrogen (secondary N) is 2. The number of likely N-dealkylation sites (N-methyl/N-ethyl adjacent to an activating group) is 1. The third-order valence-corrected chi connectivity index (χ3v) is 8.75. The number of amides is 2. The molecule has 234 valence electrons. The second-order valence-corrected chi connectivity index (χ2v) is 11.5. The Labute approximate surface area is 247 Å². The van der Waals surface area contributed by atoms with Gasteiger partial charge in [0.05, 0.1) is 22.5 Å². The highest BCUT2D eigenvalue weighted by Crippen LogP contribution is 2.38. The summed E-state index contributed by atoms with van der Waals surface area (Å²) in [5.74, 6) is -1.72. The molecule has 13 heteroatoms. The van der Waals surface area contributed by atoms with Crippen LogP contribution in [0.2, 0.25) is 0 Å². The summed E-state index contributed by atoms with van der Waals surface area (Å²) >= 11 is 0. The molecule has 4 rings (SSSR count). The van der Waals surface area contributed by atoms with Crippen molar-refractivity contribution in [2.75, 3.05) is 36.9 Å². The van der Waals surface area contributed by atoms with Crippen LogP contribution in [-0.4, -0.2) is 76.7 Å². The van der Waals surface area contributed by atoms with Crippen LogP contribution in [0.25, 0.3) is 5.57 Å². The van der Waals surface area contributed by atoms with Crippen LogP contribution in [0.4, 0.5) is 33.7 Å². The Bertz CT molecular complexity index is 1460. The summed E-state index contributed by atoms with van der Waals surface area (Å²) in [6.45, 7) is 8.72. The van der Waals surface area contributed by atoms with Crippen molar-refractivity contribution in [3.8, 4) is 0 Å². The van der Waals surface area contributed by atoms with E-state index in [0.29, 0.717) is 37.3 Å². The topological polar surface area (TPSA) is 109 Å². The molecule has 3 N–H and O–H groups in total. The minimum Gasteiger partial charge on any atom is -0.465 e. The summed E-state index contributed by atoms with van der Waals surface area (Å²) < 4.78 is 57.1. The predicted molar refractivity (Wildman–Crippen MR) is 156 cm³/mol. The first-order valence-corrected chi connectivity index (χ1v) is 14.2. The van der Waals surface area contributed by atoms with E-state index in [2.05, 4.69) is 15.2 Å². The Morgan fingerprint density at radius 2 is 1.81 bits per heavy atom. The first kappa shape index (κ1) is 32.1. The van der Waals surface area contributed by atoms with Crippen LogP contribution < -0.4 is 15.8 Å². The lowest BCUT2D eigenvalue weighted by atomic mass is 9.88. The number of anilines is 2. The number of carbonyl (C=O) groups excluding carboxylic acids is 1. The molecular formula is C30H37F4N5O4. The van der Waals surface area contributed by atoms with Gasteiger partial charge in [-0.25, -0.2) is 9.18 Å². The number of aromatic nitrogens is 1. The number of benzene rings is 1. The van der Waals surface area contributed by atoms with Crippen molar-refractivity contribution < 1.29 is 32.3 Å². The molecule has 4 atom stereocenters. The minimum absolute atomic E-state index is 0.0423. The maximum atomic E-state index is 15.9. The van der Waals surface area contributed by atoms with Gasteiger partial charge in [0, 0.05) is 55.6 Å². The van der Waals surface area contributed by atoms with Gasteiger partial charge < -0.3 is 25.2 Å². The van der Waals surface area contributed by atoms with Crippen LogP contribution in [0.3, 0.4) is 0 Å². The SMILES string of the molecule is CCC(C)C1CC=C(c2cc(NC(=O)c3c[nH]c(=O)cc3C(F)(F)F)c(N3C[C@@H](C)N(C)[C@@H](C)C3)cc2F)CN1C(=O)O. The van der Waals surface area contributed by atoms with Crippen LogP contribution in [0, 0.1) is 11.7 Å². The van der Waals surface area contributed by atoms with Crippen molar-refractivity contribution in [2.45, 2.75) is 64.8 Å². The average molecular weight is 608 g/mol. The fraction of sp³-hybridized carbons (Fsp3) is 0.500. The van der Waals surface area contributed by atoms with Gasteiger partial charge in [-0.3, -0.25) is 14.5 Å². The summed E-state index contributed by atoms with van der Waals surface area (Å²) in [7, 11) is 1.96. The molecule has 1 aromatic carbocycles. The summed E-state index contributed by atoms with van der Waals surface area (Å²) in [5.41, 5.74) is -2.43.